The van der Waals surface area contributed by atoms with Crippen LogP contribution in [0.3, 0.4) is 0 Å². The molecule has 1 unspecified atom stereocenters. The molecule has 3 rings (SSSR count). The number of aryl methyl sites for hydroxylation is 1. The Balaban J connectivity index is 1.70. The standard InChI is InChI=1S/C17H26N2O2S/c1-12(2)9-14-18-13(3)15(22-14)16(20)19-7-6-17(10-19)5-4-8-21-11-17/h12H,4-11H2,1-3H3. The summed E-state index contributed by atoms with van der Waals surface area (Å²) in [4.78, 5) is 20.3. The number of likely N-dealkylation sites (tertiary alicyclic amines) is 1. The van der Waals surface area contributed by atoms with E-state index in [9.17, 15) is 4.79 Å². The van der Waals surface area contributed by atoms with Crippen molar-refractivity contribution in [1.29, 1.82) is 0 Å². The Morgan fingerprint density at radius 2 is 2.27 bits per heavy atom. The van der Waals surface area contributed by atoms with Gasteiger partial charge in [-0.2, -0.15) is 0 Å². The van der Waals surface area contributed by atoms with Crippen LogP contribution in [0.5, 0.6) is 0 Å². The lowest BCUT2D eigenvalue weighted by Crippen LogP contribution is -2.37. The first-order valence-electron chi connectivity index (χ1n) is 8.32. The first-order valence-corrected chi connectivity index (χ1v) is 9.14. The van der Waals surface area contributed by atoms with Gasteiger partial charge in [-0.3, -0.25) is 4.79 Å². The molecule has 1 amide bonds. The number of amides is 1. The van der Waals surface area contributed by atoms with Gasteiger partial charge in [0.15, 0.2) is 0 Å². The van der Waals surface area contributed by atoms with Crippen LogP contribution in [-0.4, -0.2) is 42.1 Å². The number of hydrogen-bond acceptors (Lipinski definition) is 4. The predicted octanol–water partition coefficient (Wildman–Crippen LogP) is 3.29. The van der Waals surface area contributed by atoms with Crippen LogP contribution >= 0.6 is 11.3 Å². The molecule has 122 valence electrons. The molecule has 2 saturated heterocycles. The molecule has 1 aromatic heterocycles. The molecule has 2 fully saturated rings. The summed E-state index contributed by atoms with van der Waals surface area (Å²) < 4.78 is 5.66. The van der Waals surface area contributed by atoms with Crippen molar-refractivity contribution in [3.63, 3.8) is 0 Å². The van der Waals surface area contributed by atoms with Gasteiger partial charge in [0, 0.05) is 31.5 Å². The molecular weight excluding hydrogens is 296 g/mol. The van der Waals surface area contributed by atoms with Gasteiger partial charge in [-0.1, -0.05) is 13.8 Å². The molecule has 0 N–H and O–H groups in total. The minimum atomic E-state index is 0.174. The van der Waals surface area contributed by atoms with Crippen LogP contribution in [0, 0.1) is 18.3 Å². The summed E-state index contributed by atoms with van der Waals surface area (Å²) in [6.07, 6.45) is 4.35. The van der Waals surface area contributed by atoms with Gasteiger partial charge < -0.3 is 9.64 Å². The van der Waals surface area contributed by atoms with Gasteiger partial charge in [0.1, 0.15) is 4.88 Å². The molecule has 3 heterocycles. The molecule has 0 radical (unpaired) electrons. The number of hydrogen-bond donors (Lipinski definition) is 0. The van der Waals surface area contributed by atoms with Gasteiger partial charge in [-0.25, -0.2) is 4.98 Å². The molecule has 0 aromatic carbocycles. The first-order chi connectivity index (χ1) is 10.5. The van der Waals surface area contributed by atoms with Crippen LogP contribution in [-0.2, 0) is 11.2 Å². The van der Waals surface area contributed by atoms with Gasteiger partial charge in [0.05, 0.1) is 17.3 Å². The molecule has 2 aliphatic heterocycles. The van der Waals surface area contributed by atoms with Crippen molar-refractivity contribution in [1.82, 2.24) is 9.88 Å². The van der Waals surface area contributed by atoms with Crippen LogP contribution < -0.4 is 0 Å². The Morgan fingerprint density at radius 3 is 2.95 bits per heavy atom. The molecule has 22 heavy (non-hydrogen) atoms. The zero-order valence-electron chi connectivity index (χ0n) is 13.9. The molecule has 1 atom stereocenters. The van der Waals surface area contributed by atoms with E-state index in [0.29, 0.717) is 5.92 Å². The highest BCUT2D eigenvalue weighted by Crippen LogP contribution is 2.39. The van der Waals surface area contributed by atoms with Gasteiger partial charge in [0.25, 0.3) is 5.91 Å². The maximum Gasteiger partial charge on any atom is 0.265 e. The van der Waals surface area contributed by atoms with E-state index in [1.54, 1.807) is 11.3 Å². The van der Waals surface area contributed by atoms with Crippen LogP contribution in [0.15, 0.2) is 0 Å². The fraction of sp³-hybridized carbons (Fsp3) is 0.765. The lowest BCUT2D eigenvalue weighted by Gasteiger charge is -2.32. The number of nitrogens with zero attached hydrogens (tertiary/aromatic N) is 2. The third kappa shape index (κ3) is 3.20. The lowest BCUT2D eigenvalue weighted by atomic mass is 9.82. The molecule has 0 bridgehead atoms. The second kappa shape index (κ2) is 6.28. The van der Waals surface area contributed by atoms with E-state index >= 15 is 0 Å². The summed E-state index contributed by atoms with van der Waals surface area (Å²) in [6, 6.07) is 0. The average Bonchev–Trinajstić information content (AvgIpc) is 3.03. The number of thiazole rings is 1. The van der Waals surface area contributed by atoms with E-state index < -0.39 is 0 Å². The second-order valence-corrected chi connectivity index (χ2v) is 8.34. The van der Waals surface area contributed by atoms with E-state index in [0.717, 1.165) is 61.1 Å². The number of carbonyl (C=O) groups excluding carboxylic acids is 1. The maximum absolute atomic E-state index is 12.8. The normalized spacial score (nSPS) is 25.4. The van der Waals surface area contributed by atoms with Gasteiger partial charge >= 0.3 is 0 Å². The number of aromatic nitrogens is 1. The fourth-order valence-corrected chi connectivity index (χ4v) is 4.82. The Labute approximate surface area is 136 Å². The molecule has 0 saturated carbocycles. The minimum Gasteiger partial charge on any atom is -0.381 e. The topological polar surface area (TPSA) is 42.4 Å². The highest BCUT2D eigenvalue weighted by Gasteiger charge is 2.42. The van der Waals surface area contributed by atoms with E-state index in [1.165, 1.54) is 6.42 Å². The zero-order valence-corrected chi connectivity index (χ0v) is 14.7. The van der Waals surface area contributed by atoms with Gasteiger partial charge in [-0.05, 0) is 32.1 Å². The van der Waals surface area contributed by atoms with Gasteiger partial charge in [-0.15, -0.1) is 11.3 Å². The second-order valence-electron chi connectivity index (χ2n) is 7.25. The van der Waals surface area contributed by atoms with Crippen molar-refractivity contribution in [2.24, 2.45) is 11.3 Å². The Kier molecular flexibility index (Phi) is 4.55. The zero-order chi connectivity index (χ0) is 15.7. The predicted molar refractivity (Wildman–Crippen MR) is 88.4 cm³/mol. The van der Waals surface area contributed by atoms with E-state index in [2.05, 4.69) is 18.8 Å². The Morgan fingerprint density at radius 1 is 1.45 bits per heavy atom. The smallest absolute Gasteiger partial charge is 0.265 e. The van der Waals surface area contributed by atoms with E-state index in [1.807, 2.05) is 11.8 Å². The summed E-state index contributed by atoms with van der Waals surface area (Å²) in [5, 5.41) is 1.09. The Bertz CT molecular complexity index is 547. The molecule has 0 aliphatic carbocycles. The molecule has 5 heteroatoms. The van der Waals surface area contributed by atoms with Crippen LogP contribution in [0.25, 0.3) is 0 Å². The first kappa shape index (κ1) is 15.9. The maximum atomic E-state index is 12.8. The van der Waals surface area contributed by atoms with Crippen molar-refractivity contribution in [2.75, 3.05) is 26.3 Å². The van der Waals surface area contributed by atoms with Crippen molar-refractivity contribution in [2.45, 2.75) is 46.5 Å². The average molecular weight is 322 g/mol. The van der Waals surface area contributed by atoms with Crippen molar-refractivity contribution < 1.29 is 9.53 Å². The summed E-state index contributed by atoms with van der Waals surface area (Å²) >= 11 is 1.58. The number of rotatable bonds is 3. The van der Waals surface area contributed by atoms with E-state index in [4.69, 9.17) is 4.74 Å². The molecular formula is C17H26N2O2S. The quantitative estimate of drug-likeness (QED) is 0.857. The summed E-state index contributed by atoms with van der Waals surface area (Å²) in [5.74, 6) is 0.746. The third-order valence-corrected chi connectivity index (χ3v) is 5.92. The van der Waals surface area contributed by atoms with Gasteiger partial charge in [0.2, 0.25) is 0 Å². The minimum absolute atomic E-state index is 0.174. The molecule has 1 spiro atoms. The van der Waals surface area contributed by atoms with Crippen molar-refractivity contribution in [3.8, 4) is 0 Å². The highest BCUT2D eigenvalue weighted by molar-refractivity contribution is 7.13. The van der Waals surface area contributed by atoms with E-state index in [-0.39, 0.29) is 11.3 Å². The fourth-order valence-electron chi connectivity index (χ4n) is 3.57. The SMILES string of the molecule is Cc1nc(CC(C)C)sc1C(=O)N1CCC2(CCCOC2)C1. The number of ether oxygens (including phenoxy) is 1. The largest absolute Gasteiger partial charge is 0.381 e. The summed E-state index contributed by atoms with van der Waals surface area (Å²) in [5.41, 5.74) is 1.11. The van der Waals surface area contributed by atoms with Crippen molar-refractivity contribution >= 4 is 17.2 Å². The van der Waals surface area contributed by atoms with Crippen LogP contribution in [0.1, 0.15) is 53.5 Å². The molecule has 2 aliphatic rings. The summed E-state index contributed by atoms with van der Waals surface area (Å²) in [6.45, 7) is 9.74. The monoisotopic (exact) mass is 322 g/mol. The number of carbonyl (C=O) groups is 1. The molecule has 1 aromatic rings. The third-order valence-electron chi connectivity index (χ3n) is 4.75. The van der Waals surface area contributed by atoms with Crippen LogP contribution in [0.4, 0.5) is 0 Å². The molecule has 4 nitrogen and oxygen atoms in total. The highest BCUT2D eigenvalue weighted by atomic mass is 32.1. The van der Waals surface area contributed by atoms with Crippen LogP contribution in [0.2, 0.25) is 0 Å². The lowest BCUT2D eigenvalue weighted by molar-refractivity contribution is -0.00157. The Hall–Kier alpha value is -0.940. The summed E-state index contributed by atoms with van der Waals surface area (Å²) in [7, 11) is 0. The van der Waals surface area contributed by atoms with Crippen molar-refractivity contribution in [3.05, 3.63) is 15.6 Å².